The van der Waals surface area contributed by atoms with Gasteiger partial charge in [0.1, 0.15) is 0 Å². The molecular formula is C15H22F2N2O. The van der Waals surface area contributed by atoms with Gasteiger partial charge in [-0.1, -0.05) is 18.9 Å². The second-order valence-corrected chi connectivity index (χ2v) is 4.92. The van der Waals surface area contributed by atoms with E-state index in [9.17, 15) is 13.6 Å². The number of amides is 1. The lowest BCUT2D eigenvalue weighted by molar-refractivity contribution is -0.121. The Morgan fingerprint density at radius 3 is 2.55 bits per heavy atom. The predicted octanol–water partition coefficient (Wildman–Crippen LogP) is 3.05. The average molecular weight is 284 g/mol. The standard InChI is InChI=1S/C15H22F2N2O/c1-11(12-7-8-13(16)14(17)10-12)19-15(20)6-4-2-3-5-9-18/h7-8,10-11H,2-6,9,18H2,1H3,(H,19,20). The second-order valence-electron chi connectivity index (χ2n) is 4.92. The van der Waals surface area contributed by atoms with Crippen LogP contribution in [-0.4, -0.2) is 12.5 Å². The van der Waals surface area contributed by atoms with E-state index in [0.717, 1.165) is 37.8 Å². The summed E-state index contributed by atoms with van der Waals surface area (Å²) in [6.45, 7) is 2.43. The molecular weight excluding hydrogens is 262 g/mol. The van der Waals surface area contributed by atoms with Crippen LogP contribution in [0.1, 0.15) is 50.6 Å². The Labute approximate surface area is 118 Å². The highest BCUT2D eigenvalue weighted by Gasteiger charge is 2.11. The fourth-order valence-corrected chi connectivity index (χ4v) is 1.96. The fraction of sp³-hybridized carbons (Fsp3) is 0.533. The van der Waals surface area contributed by atoms with Crippen LogP contribution >= 0.6 is 0 Å². The van der Waals surface area contributed by atoms with Crippen LogP contribution in [0.5, 0.6) is 0 Å². The van der Waals surface area contributed by atoms with E-state index in [1.807, 2.05) is 0 Å². The molecule has 0 bridgehead atoms. The highest BCUT2D eigenvalue weighted by molar-refractivity contribution is 5.76. The van der Waals surface area contributed by atoms with Crippen molar-refractivity contribution in [2.45, 2.75) is 45.1 Å². The van der Waals surface area contributed by atoms with Crippen molar-refractivity contribution in [1.82, 2.24) is 5.32 Å². The first-order chi connectivity index (χ1) is 9.54. The molecule has 5 heteroatoms. The van der Waals surface area contributed by atoms with Crippen LogP contribution in [0.4, 0.5) is 8.78 Å². The zero-order valence-corrected chi connectivity index (χ0v) is 11.8. The van der Waals surface area contributed by atoms with E-state index in [4.69, 9.17) is 5.73 Å². The number of hydrogen-bond donors (Lipinski definition) is 2. The number of rotatable bonds is 8. The first kappa shape index (κ1) is 16.6. The summed E-state index contributed by atoms with van der Waals surface area (Å²) in [5, 5.41) is 2.78. The SMILES string of the molecule is CC(NC(=O)CCCCCCN)c1ccc(F)c(F)c1. The van der Waals surface area contributed by atoms with Gasteiger partial charge in [-0.05, 0) is 44.0 Å². The summed E-state index contributed by atoms with van der Waals surface area (Å²) >= 11 is 0. The van der Waals surface area contributed by atoms with E-state index in [-0.39, 0.29) is 11.9 Å². The maximum absolute atomic E-state index is 13.1. The van der Waals surface area contributed by atoms with Gasteiger partial charge in [-0.3, -0.25) is 4.79 Å². The Kier molecular flexibility index (Phi) is 7.15. The molecule has 20 heavy (non-hydrogen) atoms. The molecule has 1 unspecified atom stereocenters. The monoisotopic (exact) mass is 284 g/mol. The Balaban J connectivity index is 2.35. The number of unbranched alkanes of at least 4 members (excludes halogenated alkanes) is 3. The first-order valence-corrected chi connectivity index (χ1v) is 6.99. The van der Waals surface area contributed by atoms with Gasteiger partial charge in [0, 0.05) is 6.42 Å². The summed E-state index contributed by atoms with van der Waals surface area (Å²) in [6.07, 6.45) is 4.24. The lowest BCUT2D eigenvalue weighted by Gasteiger charge is -2.14. The average Bonchev–Trinajstić information content (AvgIpc) is 2.41. The van der Waals surface area contributed by atoms with E-state index in [2.05, 4.69) is 5.32 Å². The molecule has 0 aliphatic heterocycles. The normalized spacial score (nSPS) is 12.2. The maximum atomic E-state index is 13.1. The van der Waals surface area contributed by atoms with Crippen molar-refractivity contribution < 1.29 is 13.6 Å². The Bertz CT molecular complexity index is 438. The summed E-state index contributed by atoms with van der Waals surface area (Å²) in [4.78, 5) is 11.7. The summed E-state index contributed by atoms with van der Waals surface area (Å²) in [6, 6.07) is 3.33. The van der Waals surface area contributed by atoms with Gasteiger partial charge in [0.15, 0.2) is 11.6 Å². The number of hydrogen-bond acceptors (Lipinski definition) is 2. The summed E-state index contributed by atoms with van der Waals surface area (Å²) in [5.74, 6) is -1.85. The number of nitrogens with one attached hydrogen (secondary N) is 1. The first-order valence-electron chi connectivity index (χ1n) is 6.99. The van der Waals surface area contributed by atoms with Crippen molar-refractivity contribution >= 4 is 5.91 Å². The van der Waals surface area contributed by atoms with Crippen LogP contribution in [0.15, 0.2) is 18.2 Å². The minimum Gasteiger partial charge on any atom is -0.350 e. The third kappa shape index (κ3) is 5.65. The van der Waals surface area contributed by atoms with Crippen molar-refractivity contribution in [3.63, 3.8) is 0 Å². The molecule has 0 saturated heterocycles. The smallest absolute Gasteiger partial charge is 0.220 e. The molecule has 0 fully saturated rings. The van der Waals surface area contributed by atoms with Crippen molar-refractivity contribution in [3.8, 4) is 0 Å². The van der Waals surface area contributed by atoms with Crippen molar-refractivity contribution in [3.05, 3.63) is 35.4 Å². The molecule has 0 aromatic heterocycles. The second kappa shape index (κ2) is 8.64. The van der Waals surface area contributed by atoms with Gasteiger partial charge in [0.2, 0.25) is 5.91 Å². The molecule has 0 aliphatic carbocycles. The van der Waals surface area contributed by atoms with E-state index in [0.29, 0.717) is 18.5 Å². The fourth-order valence-electron chi connectivity index (χ4n) is 1.96. The van der Waals surface area contributed by atoms with E-state index < -0.39 is 11.6 Å². The zero-order chi connectivity index (χ0) is 15.0. The van der Waals surface area contributed by atoms with Crippen molar-refractivity contribution in [1.29, 1.82) is 0 Å². The third-order valence-corrected chi connectivity index (χ3v) is 3.18. The quantitative estimate of drug-likeness (QED) is 0.721. The van der Waals surface area contributed by atoms with Gasteiger partial charge in [-0.2, -0.15) is 0 Å². The van der Waals surface area contributed by atoms with Gasteiger partial charge in [0.05, 0.1) is 6.04 Å². The molecule has 1 amide bonds. The Morgan fingerprint density at radius 1 is 1.20 bits per heavy atom. The summed E-state index contributed by atoms with van der Waals surface area (Å²) < 4.78 is 25.9. The third-order valence-electron chi connectivity index (χ3n) is 3.18. The number of benzene rings is 1. The molecule has 1 aromatic carbocycles. The number of carbonyl (C=O) groups excluding carboxylic acids is 1. The van der Waals surface area contributed by atoms with Gasteiger partial charge in [0.25, 0.3) is 0 Å². The lowest BCUT2D eigenvalue weighted by Crippen LogP contribution is -2.26. The number of halogens is 2. The van der Waals surface area contributed by atoms with Crippen LogP contribution in [-0.2, 0) is 4.79 Å². The minimum absolute atomic E-state index is 0.0741. The van der Waals surface area contributed by atoms with Gasteiger partial charge >= 0.3 is 0 Å². The Morgan fingerprint density at radius 2 is 1.90 bits per heavy atom. The maximum Gasteiger partial charge on any atom is 0.220 e. The predicted molar refractivity (Wildman–Crippen MR) is 75.1 cm³/mol. The molecule has 3 nitrogen and oxygen atoms in total. The highest BCUT2D eigenvalue weighted by atomic mass is 19.2. The molecule has 112 valence electrons. The largest absolute Gasteiger partial charge is 0.350 e. The molecule has 0 spiro atoms. The van der Waals surface area contributed by atoms with E-state index >= 15 is 0 Å². The Hall–Kier alpha value is -1.49. The van der Waals surface area contributed by atoms with Gasteiger partial charge in [-0.15, -0.1) is 0 Å². The molecule has 1 atom stereocenters. The molecule has 1 aromatic rings. The highest BCUT2D eigenvalue weighted by Crippen LogP contribution is 2.16. The molecule has 0 radical (unpaired) electrons. The molecule has 0 aliphatic rings. The van der Waals surface area contributed by atoms with Crippen LogP contribution in [0, 0.1) is 11.6 Å². The number of carbonyl (C=O) groups is 1. The van der Waals surface area contributed by atoms with Gasteiger partial charge in [-0.25, -0.2) is 8.78 Å². The summed E-state index contributed by atoms with van der Waals surface area (Å²) in [7, 11) is 0. The van der Waals surface area contributed by atoms with Gasteiger partial charge < -0.3 is 11.1 Å². The zero-order valence-electron chi connectivity index (χ0n) is 11.8. The molecule has 0 heterocycles. The van der Waals surface area contributed by atoms with Crippen LogP contribution in [0.25, 0.3) is 0 Å². The van der Waals surface area contributed by atoms with Crippen LogP contribution < -0.4 is 11.1 Å². The number of nitrogens with two attached hydrogens (primary N) is 1. The van der Waals surface area contributed by atoms with Crippen LogP contribution in [0.2, 0.25) is 0 Å². The van der Waals surface area contributed by atoms with E-state index in [1.54, 1.807) is 6.92 Å². The summed E-state index contributed by atoms with van der Waals surface area (Å²) in [5.41, 5.74) is 5.94. The topological polar surface area (TPSA) is 55.1 Å². The minimum atomic E-state index is -0.898. The van der Waals surface area contributed by atoms with Crippen LogP contribution in [0.3, 0.4) is 0 Å². The molecule has 0 saturated carbocycles. The molecule has 1 rings (SSSR count). The van der Waals surface area contributed by atoms with Crippen molar-refractivity contribution in [2.24, 2.45) is 5.73 Å². The lowest BCUT2D eigenvalue weighted by atomic mass is 10.1. The van der Waals surface area contributed by atoms with E-state index in [1.165, 1.54) is 6.07 Å². The van der Waals surface area contributed by atoms with Crippen molar-refractivity contribution in [2.75, 3.05) is 6.54 Å². The molecule has 3 N–H and O–H groups in total.